The van der Waals surface area contributed by atoms with Crippen LogP contribution in [0.1, 0.15) is 5.82 Å². The van der Waals surface area contributed by atoms with E-state index in [1.54, 1.807) is 28.8 Å². The first-order valence-corrected chi connectivity index (χ1v) is 10.5. The van der Waals surface area contributed by atoms with Gasteiger partial charge in [0.2, 0.25) is 5.91 Å². The Labute approximate surface area is 187 Å². The summed E-state index contributed by atoms with van der Waals surface area (Å²) in [7, 11) is 0. The molecule has 1 amide bonds. The molecular weight excluding hydrogens is 450 g/mol. The van der Waals surface area contributed by atoms with Gasteiger partial charge < -0.3 is 10.1 Å². The Kier molecular flexibility index (Phi) is 7.73. The molecule has 3 rings (SSSR count). The molecule has 0 radical (unpaired) electrons. The zero-order valence-corrected chi connectivity index (χ0v) is 18.0. The first kappa shape index (κ1) is 22.1. The van der Waals surface area contributed by atoms with Gasteiger partial charge in [-0.05, 0) is 36.4 Å². The van der Waals surface area contributed by atoms with Crippen LogP contribution in [-0.4, -0.2) is 26.4 Å². The van der Waals surface area contributed by atoms with Crippen molar-refractivity contribution in [1.82, 2.24) is 14.8 Å². The molecule has 0 saturated carbocycles. The number of benzene rings is 2. The molecule has 0 aliphatic carbocycles. The molecule has 10 heteroatoms. The minimum absolute atomic E-state index is 0.105. The molecule has 0 aliphatic rings. The van der Waals surface area contributed by atoms with Crippen molar-refractivity contribution in [2.24, 2.45) is 0 Å². The number of allylic oxidation sites excluding steroid dienone is 1. The lowest BCUT2D eigenvalue weighted by Crippen LogP contribution is -2.15. The number of rotatable bonds is 9. The molecule has 0 spiro atoms. The summed E-state index contributed by atoms with van der Waals surface area (Å²) in [6, 6.07) is 10.5. The summed E-state index contributed by atoms with van der Waals surface area (Å²) in [4.78, 5) is 12.2. The van der Waals surface area contributed by atoms with Gasteiger partial charge in [-0.15, -0.1) is 16.8 Å². The number of halogens is 3. The Morgan fingerprint density at radius 3 is 2.73 bits per heavy atom. The number of nitrogens with zero attached hydrogens (tertiary/aromatic N) is 3. The van der Waals surface area contributed by atoms with Crippen LogP contribution in [0, 0.1) is 5.82 Å². The number of amides is 1. The number of anilines is 1. The molecule has 1 aromatic heterocycles. The van der Waals surface area contributed by atoms with Crippen LogP contribution in [0.2, 0.25) is 10.0 Å². The molecule has 0 fully saturated rings. The van der Waals surface area contributed by atoms with Crippen LogP contribution >= 0.6 is 35.0 Å². The number of nitrogens with one attached hydrogen (secondary N) is 1. The molecule has 2 aromatic carbocycles. The van der Waals surface area contributed by atoms with E-state index in [-0.39, 0.29) is 24.1 Å². The van der Waals surface area contributed by atoms with Crippen LogP contribution in [0.15, 0.2) is 60.3 Å². The maximum atomic E-state index is 13.0. The average Bonchev–Trinajstić information content (AvgIpc) is 3.11. The summed E-state index contributed by atoms with van der Waals surface area (Å²) >= 11 is 13.3. The van der Waals surface area contributed by atoms with Crippen molar-refractivity contribution >= 4 is 46.6 Å². The molecule has 30 heavy (non-hydrogen) atoms. The van der Waals surface area contributed by atoms with Crippen LogP contribution in [0.3, 0.4) is 0 Å². The zero-order valence-electron chi connectivity index (χ0n) is 15.6. The third-order valence-electron chi connectivity index (χ3n) is 3.82. The molecule has 0 bridgehead atoms. The summed E-state index contributed by atoms with van der Waals surface area (Å²) in [6.07, 6.45) is 1.70. The van der Waals surface area contributed by atoms with E-state index < -0.39 is 0 Å². The Hall–Kier alpha value is -2.55. The van der Waals surface area contributed by atoms with Gasteiger partial charge in [0.1, 0.15) is 18.2 Å². The van der Waals surface area contributed by atoms with Crippen molar-refractivity contribution in [2.75, 3.05) is 11.1 Å². The summed E-state index contributed by atoms with van der Waals surface area (Å²) in [6.45, 7) is 4.30. The van der Waals surface area contributed by atoms with Crippen LogP contribution in [0.5, 0.6) is 5.75 Å². The van der Waals surface area contributed by atoms with Crippen LogP contribution in [0.25, 0.3) is 0 Å². The maximum Gasteiger partial charge on any atom is 0.234 e. The van der Waals surface area contributed by atoms with E-state index in [4.69, 9.17) is 27.9 Å². The predicted octanol–water partition coefficient (Wildman–Crippen LogP) is 5.22. The second-order valence-corrected chi connectivity index (χ2v) is 7.79. The second kappa shape index (κ2) is 10.5. The predicted molar refractivity (Wildman–Crippen MR) is 117 cm³/mol. The largest absolute Gasteiger partial charge is 0.484 e. The normalized spacial score (nSPS) is 10.6. The van der Waals surface area contributed by atoms with Gasteiger partial charge in [0.25, 0.3) is 0 Å². The highest BCUT2D eigenvalue weighted by Gasteiger charge is 2.15. The molecule has 3 aromatic rings. The monoisotopic (exact) mass is 466 g/mol. The van der Waals surface area contributed by atoms with Crippen molar-refractivity contribution in [3.05, 3.63) is 76.8 Å². The van der Waals surface area contributed by atoms with Crippen molar-refractivity contribution in [3.63, 3.8) is 0 Å². The second-order valence-electron chi connectivity index (χ2n) is 6.01. The molecular formula is C20H17Cl2FN4O2S. The van der Waals surface area contributed by atoms with Crippen LogP contribution in [0.4, 0.5) is 10.1 Å². The van der Waals surface area contributed by atoms with Crippen molar-refractivity contribution in [3.8, 4) is 5.75 Å². The van der Waals surface area contributed by atoms with Gasteiger partial charge in [-0.1, -0.05) is 41.0 Å². The van der Waals surface area contributed by atoms with Crippen LogP contribution < -0.4 is 10.1 Å². The van der Waals surface area contributed by atoms with Crippen molar-refractivity contribution in [2.45, 2.75) is 18.3 Å². The first-order valence-electron chi connectivity index (χ1n) is 8.75. The highest BCUT2D eigenvalue weighted by atomic mass is 35.5. The zero-order chi connectivity index (χ0) is 21.5. The number of thioether (sulfide) groups is 1. The van der Waals surface area contributed by atoms with E-state index in [1.165, 1.54) is 36.0 Å². The quantitative estimate of drug-likeness (QED) is 0.345. The van der Waals surface area contributed by atoms with E-state index in [9.17, 15) is 9.18 Å². The van der Waals surface area contributed by atoms with Gasteiger partial charge in [0, 0.05) is 23.3 Å². The van der Waals surface area contributed by atoms with Crippen molar-refractivity contribution in [1.29, 1.82) is 0 Å². The first-order chi connectivity index (χ1) is 14.5. The third kappa shape index (κ3) is 5.98. The Bertz CT molecular complexity index is 1040. The molecule has 156 valence electrons. The molecule has 0 atom stereocenters. The SMILES string of the molecule is C=CCn1c(COc2cc(Cl)ccc2Cl)nnc1SCC(=O)Nc1ccc(F)cc1. The molecule has 1 heterocycles. The Morgan fingerprint density at radius 2 is 2.00 bits per heavy atom. The Morgan fingerprint density at radius 1 is 1.23 bits per heavy atom. The molecule has 0 aliphatic heterocycles. The summed E-state index contributed by atoms with van der Waals surface area (Å²) in [5.41, 5.74) is 0.516. The lowest BCUT2D eigenvalue weighted by Gasteiger charge is -2.10. The van der Waals surface area contributed by atoms with E-state index >= 15 is 0 Å². The fraction of sp³-hybridized carbons (Fsp3) is 0.150. The van der Waals surface area contributed by atoms with Gasteiger partial charge in [-0.3, -0.25) is 9.36 Å². The standard InChI is InChI=1S/C20H17Cl2FN4O2S/c1-2-9-27-18(11-29-17-10-13(21)3-8-16(17)22)25-26-20(27)30-12-19(28)24-15-6-4-14(23)5-7-15/h2-8,10H,1,9,11-12H2,(H,24,28). The van der Waals surface area contributed by atoms with E-state index in [2.05, 4.69) is 22.1 Å². The van der Waals surface area contributed by atoms with Crippen molar-refractivity contribution < 1.29 is 13.9 Å². The summed E-state index contributed by atoms with van der Waals surface area (Å²) in [5.74, 6) is 0.475. The fourth-order valence-electron chi connectivity index (χ4n) is 2.44. The summed E-state index contributed by atoms with van der Waals surface area (Å²) in [5, 5.41) is 12.5. The number of carbonyl (C=O) groups is 1. The number of hydrogen-bond acceptors (Lipinski definition) is 5. The smallest absolute Gasteiger partial charge is 0.234 e. The fourth-order valence-corrected chi connectivity index (χ4v) is 3.54. The van der Waals surface area contributed by atoms with Gasteiger partial charge in [-0.25, -0.2) is 4.39 Å². The van der Waals surface area contributed by atoms with Gasteiger partial charge in [-0.2, -0.15) is 0 Å². The number of carbonyl (C=O) groups excluding carboxylic acids is 1. The molecule has 6 nitrogen and oxygen atoms in total. The highest BCUT2D eigenvalue weighted by Crippen LogP contribution is 2.28. The topological polar surface area (TPSA) is 69.0 Å². The number of aromatic nitrogens is 3. The molecule has 0 saturated heterocycles. The van der Waals surface area contributed by atoms with E-state index in [0.717, 1.165) is 0 Å². The maximum absolute atomic E-state index is 13.0. The van der Waals surface area contributed by atoms with E-state index in [0.29, 0.717) is 39.0 Å². The third-order valence-corrected chi connectivity index (χ3v) is 5.33. The van der Waals surface area contributed by atoms with Gasteiger partial charge >= 0.3 is 0 Å². The lowest BCUT2D eigenvalue weighted by atomic mass is 10.3. The van der Waals surface area contributed by atoms with Gasteiger partial charge in [0.05, 0.1) is 10.8 Å². The summed E-state index contributed by atoms with van der Waals surface area (Å²) < 4.78 is 20.5. The number of hydrogen-bond donors (Lipinski definition) is 1. The molecule has 1 N–H and O–H groups in total. The number of ether oxygens (including phenoxy) is 1. The van der Waals surface area contributed by atoms with E-state index in [1.807, 2.05) is 0 Å². The van der Waals surface area contributed by atoms with Crippen LogP contribution in [-0.2, 0) is 17.9 Å². The minimum Gasteiger partial charge on any atom is -0.484 e. The highest BCUT2D eigenvalue weighted by molar-refractivity contribution is 7.99. The Balaban J connectivity index is 1.63. The van der Waals surface area contributed by atoms with Gasteiger partial charge in [0.15, 0.2) is 11.0 Å². The molecule has 0 unspecified atom stereocenters. The lowest BCUT2D eigenvalue weighted by molar-refractivity contribution is -0.113. The average molecular weight is 467 g/mol. The minimum atomic E-state index is -0.367.